The van der Waals surface area contributed by atoms with Crippen LogP contribution < -0.4 is 21.8 Å². The molecule has 0 saturated carbocycles. The van der Waals surface area contributed by atoms with Crippen LogP contribution in [0.1, 0.15) is 44.7 Å². The number of nitrogens with one attached hydrogen (secondary N) is 3. The minimum atomic E-state index is -1.23. The van der Waals surface area contributed by atoms with Gasteiger partial charge >= 0.3 is 12.1 Å². The van der Waals surface area contributed by atoms with Crippen LogP contribution in [0.2, 0.25) is 0 Å². The van der Waals surface area contributed by atoms with E-state index in [1.807, 2.05) is 32.0 Å². The number of epoxide rings is 1. The van der Waals surface area contributed by atoms with Crippen molar-refractivity contribution in [2.45, 2.75) is 70.9 Å². The molecule has 1 aliphatic heterocycles. The zero-order valence-electron chi connectivity index (χ0n) is 26.1. The van der Waals surface area contributed by atoms with Gasteiger partial charge in [0.05, 0.1) is 13.2 Å². The molecule has 0 aromatic heterocycles. The minimum Gasteiger partial charge on any atom is -0.464 e. The first kappa shape index (κ1) is 35.5. The van der Waals surface area contributed by atoms with Gasteiger partial charge in [0, 0.05) is 12.8 Å². The summed E-state index contributed by atoms with van der Waals surface area (Å²) in [5.41, 5.74) is 9.19. The Morgan fingerprint density at radius 1 is 0.848 bits per heavy atom. The molecule has 0 spiro atoms. The number of benzene rings is 2. The maximum atomic E-state index is 13.6. The summed E-state index contributed by atoms with van der Waals surface area (Å²) in [5.74, 6) is -3.72. The summed E-state index contributed by atoms with van der Waals surface area (Å²) in [6, 6.07) is 15.6. The second-order valence-corrected chi connectivity index (χ2v) is 11.1. The highest BCUT2D eigenvalue weighted by atomic mass is 16.6. The van der Waals surface area contributed by atoms with E-state index in [0.717, 1.165) is 10.6 Å². The van der Waals surface area contributed by atoms with Crippen LogP contribution in [0, 0.1) is 5.92 Å². The van der Waals surface area contributed by atoms with Gasteiger partial charge in [-0.3, -0.25) is 29.6 Å². The molecule has 14 heteroatoms. The molecule has 1 unspecified atom stereocenters. The van der Waals surface area contributed by atoms with E-state index in [4.69, 9.17) is 19.9 Å². The third kappa shape index (κ3) is 11.5. The third-order valence-electron chi connectivity index (χ3n) is 6.79. The molecular formula is C32H41N5O9. The Morgan fingerprint density at radius 3 is 2.07 bits per heavy atom. The van der Waals surface area contributed by atoms with Gasteiger partial charge in [0.1, 0.15) is 18.7 Å². The summed E-state index contributed by atoms with van der Waals surface area (Å²) in [6.07, 6.45) is -3.22. The topological polar surface area (TPSA) is 199 Å². The molecule has 1 aliphatic rings. The van der Waals surface area contributed by atoms with E-state index < -0.39 is 60.0 Å². The van der Waals surface area contributed by atoms with E-state index in [1.54, 1.807) is 49.4 Å². The van der Waals surface area contributed by atoms with E-state index in [1.165, 1.54) is 0 Å². The average molecular weight is 640 g/mol. The molecule has 0 bridgehead atoms. The molecule has 3 rings (SSSR count). The highest BCUT2D eigenvalue weighted by molar-refractivity contribution is 5.95. The highest BCUT2D eigenvalue weighted by Crippen LogP contribution is 2.25. The lowest BCUT2D eigenvalue weighted by Gasteiger charge is -2.27. The van der Waals surface area contributed by atoms with Gasteiger partial charge in [-0.1, -0.05) is 74.5 Å². The number of primary amides is 1. The zero-order chi connectivity index (χ0) is 33.6. The standard InChI is InChI=1S/C32H41N5O9/c1-4-44-31(42)27-26(46-27)30(41)37(16-15-25(33)38)36-29(40)24(18-21-11-7-5-8-12-21)34-28(39)23(17-20(2)3)35-32(43)45-19-22-13-9-6-10-14-22/h5-14,20,23-24,26-27H,4,15-19H2,1-3H3,(H2,33,38)(H,34,39)(H,35,43)(H,36,40)/t23-,24-,26?,27+/m0/s1. The largest absolute Gasteiger partial charge is 0.464 e. The number of amides is 5. The van der Waals surface area contributed by atoms with Crippen LogP contribution >= 0.6 is 0 Å². The molecule has 1 fully saturated rings. The normalized spacial score (nSPS) is 16.3. The van der Waals surface area contributed by atoms with Gasteiger partial charge in [0.2, 0.25) is 11.8 Å². The van der Waals surface area contributed by atoms with Gasteiger partial charge in [-0.15, -0.1) is 0 Å². The fourth-order valence-electron chi connectivity index (χ4n) is 4.45. The van der Waals surface area contributed by atoms with Crippen LogP contribution in [-0.2, 0) is 51.2 Å². The Hall–Kier alpha value is -4.98. The molecule has 2 aromatic rings. The van der Waals surface area contributed by atoms with E-state index in [-0.39, 0.29) is 44.9 Å². The van der Waals surface area contributed by atoms with Gasteiger partial charge in [-0.2, -0.15) is 0 Å². The number of rotatable bonds is 16. The SMILES string of the molecule is CCOC(=O)[C@@H]1OC1C(=O)N(CCC(N)=O)NC(=O)[C@H](Cc1ccccc1)NC(=O)[C@H](CC(C)C)NC(=O)OCc1ccccc1. The minimum absolute atomic E-state index is 0.00136. The maximum Gasteiger partial charge on any atom is 0.408 e. The maximum absolute atomic E-state index is 13.6. The molecular weight excluding hydrogens is 598 g/mol. The first-order chi connectivity index (χ1) is 22.0. The number of nitrogens with two attached hydrogens (primary N) is 1. The van der Waals surface area contributed by atoms with Crippen molar-refractivity contribution in [3.63, 3.8) is 0 Å². The van der Waals surface area contributed by atoms with Crippen molar-refractivity contribution in [3.05, 3.63) is 71.8 Å². The highest BCUT2D eigenvalue weighted by Gasteiger charge is 2.53. The molecule has 46 heavy (non-hydrogen) atoms. The fourth-order valence-corrected chi connectivity index (χ4v) is 4.45. The second kappa shape index (κ2) is 17.5. The molecule has 4 atom stereocenters. The molecule has 0 radical (unpaired) electrons. The molecule has 1 saturated heterocycles. The molecule has 5 amide bonds. The Morgan fingerprint density at radius 2 is 1.48 bits per heavy atom. The number of nitrogens with zero attached hydrogens (tertiary/aromatic N) is 1. The molecule has 5 N–H and O–H groups in total. The van der Waals surface area contributed by atoms with Gasteiger partial charge in [0.15, 0.2) is 12.2 Å². The zero-order valence-corrected chi connectivity index (χ0v) is 26.1. The summed E-state index contributed by atoms with van der Waals surface area (Å²) in [6.45, 7) is 5.12. The number of ether oxygens (including phenoxy) is 3. The van der Waals surface area contributed by atoms with Crippen LogP contribution in [0.3, 0.4) is 0 Å². The first-order valence-electron chi connectivity index (χ1n) is 15.0. The van der Waals surface area contributed by atoms with Crippen molar-refractivity contribution >= 4 is 35.7 Å². The van der Waals surface area contributed by atoms with Crippen molar-refractivity contribution in [1.82, 2.24) is 21.1 Å². The van der Waals surface area contributed by atoms with Gasteiger partial charge < -0.3 is 30.6 Å². The second-order valence-electron chi connectivity index (χ2n) is 11.1. The van der Waals surface area contributed by atoms with Crippen LogP contribution in [-0.4, -0.2) is 78.1 Å². The molecule has 1 heterocycles. The summed E-state index contributed by atoms with van der Waals surface area (Å²) in [7, 11) is 0. The van der Waals surface area contributed by atoms with Crippen molar-refractivity contribution in [2.75, 3.05) is 13.2 Å². The predicted octanol–water partition coefficient (Wildman–Crippen LogP) is 1.12. The summed E-state index contributed by atoms with van der Waals surface area (Å²) < 4.78 is 15.4. The lowest BCUT2D eigenvalue weighted by molar-refractivity contribution is -0.146. The Kier molecular flexibility index (Phi) is 13.5. The number of hydrazine groups is 1. The van der Waals surface area contributed by atoms with Gasteiger partial charge in [-0.25, -0.2) is 9.59 Å². The number of carbonyl (C=O) groups excluding carboxylic acids is 6. The van der Waals surface area contributed by atoms with E-state index in [9.17, 15) is 28.8 Å². The molecule has 0 aliphatic carbocycles. The summed E-state index contributed by atoms with van der Waals surface area (Å²) in [4.78, 5) is 76.6. The van der Waals surface area contributed by atoms with E-state index in [0.29, 0.717) is 5.56 Å². The Labute approximate surface area is 267 Å². The van der Waals surface area contributed by atoms with E-state index >= 15 is 0 Å². The van der Waals surface area contributed by atoms with Gasteiger partial charge in [-0.05, 0) is 30.4 Å². The average Bonchev–Trinajstić information content (AvgIpc) is 3.83. The van der Waals surface area contributed by atoms with Crippen LogP contribution in [0.15, 0.2) is 60.7 Å². The molecule has 248 valence electrons. The van der Waals surface area contributed by atoms with Crippen molar-refractivity contribution in [3.8, 4) is 0 Å². The van der Waals surface area contributed by atoms with E-state index in [2.05, 4.69) is 16.1 Å². The van der Waals surface area contributed by atoms with Crippen LogP contribution in [0.25, 0.3) is 0 Å². The summed E-state index contributed by atoms with van der Waals surface area (Å²) >= 11 is 0. The predicted molar refractivity (Wildman–Crippen MR) is 164 cm³/mol. The Bertz CT molecular complexity index is 1360. The van der Waals surface area contributed by atoms with Gasteiger partial charge in [0.25, 0.3) is 11.8 Å². The van der Waals surface area contributed by atoms with Crippen LogP contribution in [0.5, 0.6) is 0 Å². The lowest BCUT2D eigenvalue weighted by Crippen LogP contribution is -2.58. The summed E-state index contributed by atoms with van der Waals surface area (Å²) in [5, 5.41) is 6.12. The number of hydrogen-bond donors (Lipinski definition) is 4. The number of esters is 1. The number of alkyl carbamates (subject to hydrolysis) is 1. The quantitative estimate of drug-likeness (QED) is 0.118. The number of hydrogen-bond acceptors (Lipinski definition) is 9. The lowest BCUT2D eigenvalue weighted by atomic mass is 10.0. The monoisotopic (exact) mass is 639 g/mol. The Balaban J connectivity index is 1.76. The van der Waals surface area contributed by atoms with Crippen molar-refractivity contribution in [2.24, 2.45) is 11.7 Å². The number of carbonyl (C=O) groups is 6. The smallest absolute Gasteiger partial charge is 0.408 e. The van der Waals surface area contributed by atoms with Crippen molar-refractivity contribution < 1.29 is 43.0 Å². The first-order valence-corrected chi connectivity index (χ1v) is 15.0. The third-order valence-corrected chi connectivity index (χ3v) is 6.79. The molecule has 14 nitrogen and oxygen atoms in total. The fraction of sp³-hybridized carbons (Fsp3) is 0.438. The molecule has 2 aromatic carbocycles. The van der Waals surface area contributed by atoms with Crippen LogP contribution in [0.4, 0.5) is 4.79 Å². The van der Waals surface area contributed by atoms with Crippen molar-refractivity contribution in [1.29, 1.82) is 0 Å².